The first-order chi connectivity index (χ1) is 15.2. The van der Waals surface area contributed by atoms with Crippen molar-refractivity contribution in [3.05, 3.63) is 53.9 Å². The van der Waals surface area contributed by atoms with E-state index in [-0.39, 0.29) is 0 Å². The summed E-state index contributed by atoms with van der Waals surface area (Å²) in [7, 11) is 3.45. The lowest BCUT2D eigenvalue weighted by molar-refractivity contribution is 0.294. The van der Waals surface area contributed by atoms with E-state index in [1.54, 1.807) is 14.2 Å². The second-order valence-electron chi connectivity index (χ2n) is 7.34. The molecule has 0 amide bonds. The summed E-state index contributed by atoms with van der Waals surface area (Å²) in [4.78, 5) is 8.96. The minimum atomic E-state index is 0.648. The highest BCUT2D eigenvalue weighted by atomic mass is 16.5. The third-order valence-corrected chi connectivity index (χ3v) is 5.07. The summed E-state index contributed by atoms with van der Waals surface area (Å²) in [6.45, 7) is 7.20. The lowest BCUT2D eigenvalue weighted by Crippen LogP contribution is -2.37. The molecule has 0 spiro atoms. The van der Waals surface area contributed by atoms with Crippen LogP contribution in [-0.4, -0.2) is 42.8 Å². The molecule has 0 radical (unpaired) electrons. The molecule has 166 valence electrons. The maximum absolute atomic E-state index is 5.72. The largest absolute Gasteiger partial charge is 0.493 e. The summed E-state index contributed by atoms with van der Waals surface area (Å²) in [5.41, 5.74) is 3.33. The molecule has 3 aromatic rings. The quantitative estimate of drug-likeness (QED) is 0.294. The van der Waals surface area contributed by atoms with Gasteiger partial charge in [-0.3, -0.25) is 4.99 Å². The molecule has 3 rings (SSSR count). The highest BCUT2D eigenvalue weighted by molar-refractivity contribution is 5.79. The van der Waals surface area contributed by atoms with Crippen LogP contribution in [0.3, 0.4) is 0 Å². The zero-order valence-corrected chi connectivity index (χ0v) is 18.9. The number of rotatable bonds is 10. The number of aromatic nitrogens is 2. The van der Waals surface area contributed by atoms with Crippen molar-refractivity contribution in [2.45, 2.75) is 39.8 Å². The van der Waals surface area contributed by atoms with Crippen LogP contribution in [0.5, 0.6) is 11.5 Å². The molecule has 0 aliphatic carbocycles. The molecule has 2 aromatic carbocycles. The summed E-state index contributed by atoms with van der Waals surface area (Å²) in [5.74, 6) is 3.35. The molecule has 0 aliphatic rings. The molecule has 7 nitrogen and oxygen atoms in total. The van der Waals surface area contributed by atoms with Crippen LogP contribution in [0.15, 0.2) is 47.5 Å². The van der Waals surface area contributed by atoms with Crippen LogP contribution < -0.4 is 20.1 Å². The second kappa shape index (κ2) is 11.2. The Labute approximate surface area is 184 Å². The molecular formula is C24H33N5O2. The zero-order chi connectivity index (χ0) is 22.1. The molecule has 2 N–H and O–H groups in total. The Morgan fingerprint density at radius 3 is 2.74 bits per heavy atom. The van der Waals surface area contributed by atoms with Crippen molar-refractivity contribution < 1.29 is 9.47 Å². The summed E-state index contributed by atoms with van der Waals surface area (Å²) in [6.07, 6.45) is 1.93. The van der Waals surface area contributed by atoms with Gasteiger partial charge >= 0.3 is 0 Å². The Morgan fingerprint density at radius 1 is 1.13 bits per heavy atom. The number of nitrogens with one attached hydrogen (secondary N) is 2. The Hall–Kier alpha value is -3.22. The van der Waals surface area contributed by atoms with Crippen LogP contribution in [-0.2, 0) is 13.1 Å². The molecule has 0 fully saturated rings. The second-order valence-corrected chi connectivity index (χ2v) is 7.34. The van der Waals surface area contributed by atoms with Crippen molar-refractivity contribution >= 4 is 17.0 Å². The van der Waals surface area contributed by atoms with Crippen LogP contribution in [0.1, 0.15) is 31.2 Å². The molecule has 0 saturated heterocycles. The summed E-state index contributed by atoms with van der Waals surface area (Å²) in [5, 5.41) is 6.74. The number of nitrogens with zero attached hydrogens (tertiary/aromatic N) is 3. The molecule has 0 unspecified atom stereocenters. The predicted molar refractivity (Wildman–Crippen MR) is 126 cm³/mol. The fourth-order valence-corrected chi connectivity index (χ4v) is 3.48. The van der Waals surface area contributed by atoms with Gasteiger partial charge in [-0.25, -0.2) is 4.98 Å². The van der Waals surface area contributed by atoms with Crippen molar-refractivity contribution in [1.29, 1.82) is 0 Å². The maximum atomic E-state index is 5.72. The summed E-state index contributed by atoms with van der Waals surface area (Å²) in [6, 6.07) is 14.3. The van der Waals surface area contributed by atoms with Gasteiger partial charge in [-0.2, -0.15) is 0 Å². The predicted octanol–water partition coefficient (Wildman–Crippen LogP) is 3.90. The monoisotopic (exact) mass is 423 g/mol. The lowest BCUT2D eigenvalue weighted by Gasteiger charge is -2.14. The summed E-state index contributed by atoms with van der Waals surface area (Å²) < 4.78 is 13.5. The fraction of sp³-hybridized carbons (Fsp3) is 0.417. The third kappa shape index (κ3) is 5.90. The normalized spacial score (nSPS) is 11.5. The molecule has 7 heteroatoms. The minimum absolute atomic E-state index is 0.648. The van der Waals surface area contributed by atoms with Gasteiger partial charge in [-0.1, -0.05) is 25.1 Å². The standard InChI is InChI=1S/C24H33N5O2/c1-5-15-31-22-12-11-19(16-23(22)30-4)17-27-24(25-3)26-13-8-14-29-18(2)28-20-9-6-7-10-21(20)29/h6-7,9-12,16H,5,8,13-15,17H2,1-4H3,(H2,25,26,27). The summed E-state index contributed by atoms with van der Waals surface area (Å²) >= 11 is 0. The molecule has 0 bridgehead atoms. The Bertz CT molecular complexity index is 1010. The zero-order valence-electron chi connectivity index (χ0n) is 18.9. The highest BCUT2D eigenvalue weighted by Gasteiger charge is 2.08. The van der Waals surface area contributed by atoms with E-state index >= 15 is 0 Å². The molecule has 1 aromatic heterocycles. The highest BCUT2D eigenvalue weighted by Crippen LogP contribution is 2.28. The van der Waals surface area contributed by atoms with Crippen LogP contribution >= 0.6 is 0 Å². The van der Waals surface area contributed by atoms with Crippen LogP contribution in [0.4, 0.5) is 0 Å². The minimum Gasteiger partial charge on any atom is -0.493 e. The SMILES string of the molecule is CCCOc1ccc(CNC(=NC)NCCCn2c(C)nc3ccccc32)cc1OC. The molecule has 0 atom stereocenters. The van der Waals surface area contributed by atoms with Crippen molar-refractivity contribution in [3.63, 3.8) is 0 Å². The Balaban J connectivity index is 1.48. The first kappa shape index (κ1) is 22.5. The number of imidazole rings is 1. The van der Waals surface area contributed by atoms with Crippen LogP contribution in [0, 0.1) is 6.92 Å². The van der Waals surface area contributed by atoms with E-state index in [1.165, 1.54) is 5.52 Å². The van der Waals surface area contributed by atoms with Gasteiger partial charge in [0.05, 0.1) is 24.8 Å². The third-order valence-electron chi connectivity index (χ3n) is 5.07. The van der Waals surface area contributed by atoms with E-state index in [0.717, 1.165) is 60.3 Å². The van der Waals surface area contributed by atoms with Gasteiger partial charge in [-0.05, 0) is 49.6 Å². The number of fused-ring (bicyclic) bond motifs is 1. The van der Waals surface area contributed by atoms with Gasteiger partial charge in [0, 0.05) is 26.7 Å². The maximum Gasteiger partial charge on any atom is 0.191 e. The number of methoxy groups -OCH3 is 1. The van der Waals surface area contributed by atoms with Gasteiger partial charge in [-0.15, -0.1) is 0 Å². The smallest absolute Gasteiger partial charge is 0.191 e. The number of benzene rings is 2. The van der Waals surface area contributed by atoms with Gasteiger partial charge in [0.1, 0.15) is 5.82 Å². The van der Waals surface area contributed by atoms with Gasteiger partial charge in [0.15, 0.2) is 17.5 Å². The first-order valence-electron chi connectivity index (χ1n) is 10.8. The van der Waals surface area contributed by atoms with E-state index in [2.05, 4.69) is 57.2 Å². The molecule has 0 aliphatic heterocycles. The molecule has 1 heterocycles. The van der Waals surface area contributed by atoms with Crippen LogP contribution in [0.2, 0.25) is 0 Å². The fourth-order valence-electron chi connectivity index (χ4n) is 3.48. The molecule has 0 saturated carbocycles. The van der Waals surface area contributed by atoms with E-state index in [0.29, 0.717) is 13.2 Å². The lowest BCUT2D eigenvalue weighted by atomic mass is 10.2. The van der Waals surface area contributed by atoms with Gasteiger partial charge < -0.3 is 24.7 Å². The number of para-hydroxylation sites is 2. The van der Waals surface area contributed by atoms with Gasteiger partial charge in [0.2, 0.25) is 0 Å². The molecular weight excluding hydrogens is 390 g/mol. The van der Waals surface area contributed by atoms with Crippen LogP contribution in [0.25, 0.3) is 11.0 Å². The van der Waals surface area contributed by atoms with E-state index < -0.39 is 0 Å². The number of aryl methyl sites for hydroxylation is 2. The molecule has 31 heavy (non-hydrogen) atoms. The van der Waals surface area contributed by atoms with E-state index in [4.69, 9.17) is 9.47 Å². The topological polar surface area (TPSA) is 72.7 Å². The van der Waals surface area contributed by atoms with E-state index in [9.17, 15) is 0 Å². The van der Waals surface area contributed by atoms with Crippen molar-refractivity contribution in [2.24, 2.45) is 4.99 Å². The number of ether oxygens (including phenoxy) is 2. The first-order valence-corrected chi connectivity index (χ1v) is 10.8. The van der Waals surface area contributed by atoms with Crippen molar-refractivity contribution in [3.8, 4) is 11.5 Å². The Morgan fingerprint density at radius 2 is 1.97 bits per heavy atom. The van der Waals surface area contributed by atoms with Crippen molar-refractivity contribution in [2.75, 3.05) is 27.3 Å². The van der Waals surface area contributed by atoms with Gasteiger partial charge in [0.25, 0.3) is 0 Å². The van der Waals surface area contributed by atoms with Crippen molar-refractivity contribution in [1.82, 2.24) is 20.2 Å². The Kier molecular flexibility index (Phi) is 8.15. The average molecular weight is 424 g/mol. The number of aliphatic imine (C=N–C) groups is 1. The average Bonchev–Trinajstić information content (AvgIpc) is 3.12. The van der Waals surface area contributed by atoms with E-state index in [1.807, 2.05) is 24.3 Å². The number of guanidine groups is 1. The number of hydrogen-bond donors (Lipinski definition) is 2. The number of hydrogen-bond acceptors (Lipinski definition) is 4.